The minimum absolute atomic E-state index is 0.151. The first-order chi connectivity index (χ1) is 11.6. The molecular formula is C20H23NO3. The SMILES string of the molecule is CCCC(CNC(=O)C(c1ccccc1)c1ccccc1)C(=O)O. The predicted molar refractivity (Wildman–Crippen MR) is 93.8 cm³/mol. The van der Waals surface area contributed by atoms with Crippen LogP contribution in [0, 0.1) is 5.92 Å². The number of aliphatic carboxylic acids is 1. The molecule has 4 heteroatoms. The minimum Gasteiger partial charge on any atom is -0.481 e. The fraction of sp³-hybridized carbons (Fsp3) is 0.300. The molecule has 0 radical (unpaired) electrons. The van der Waals surface area contributed by atoms with Crippen molar-refractivity contribution < 1.29 is 14.7 Å². The Morgan fingerprint density at radius 2 is 1.46 bits per heavy atom. The number of rotatable bonds is 8. The molecule has 0 aliphatic rings. The monoisotopic (exact) mass is 325 g/mol. The lowest BCUT2D eigenvalue weighted by Crippen LogP contribution is -2.36. The zero-order valence-corrected chi connectivity index (χ0v) is 13.8. The van der Waals surface area contributed by atoms with E-state index < -0.39 is 17.8 Å². The highest BCUT2D eigenvalue weighted by Gasteiger charge is 2.24. The van der Waals surface area contributed by atoms with Gasteiger partial charge in [-0.1, -0.05) is 74.0 Å². The molecule has 1 unspecified atom stereocenters. The summed E-state index contributed by atoms with van der Waals surface area (Å²) in [6.45, 7) is 2.09. The molecule has 0 saturated carbocycles. The van der Waals surface area contributed by atoms with E-state index in [1.807, 2.05) is 67.6 Å². The molecule has 2 N–H and O–H groups in total. The van der Waals surface area contributed by atoms with Crippen molar-refractivity contribution in [2.24, 2.45) is 5.92 Å². The third-order valence-corrected chi connectivity index (χ3v) is 4.04. The van der Waals surface area contributed by atoms with Crippen LogP contribution in [0.3, 0.4) is 0 Å². The Morgan fingerprint density at radius 1 is 0.958 bits per heavy atom. The number of carboxylic acid groups (broad SMARTS) is 1. The molecule has 2 aromatic rings. The van der Waals surface area contributed by atoms with Gasteiger partial charge in [0.15, 0.2) is 0 Å². The van der Waals surface area contributed by atoms with Gasteiger partial charge in [0, 0.05) is 6.54 Å². The summed E-state index contributed by atoms with van der Waals surface area (Å²) in [6, 6.07) is 19.1. The zero-order valence-electron chi connectivity index (χ0n) is 13.8. The van der Waals surface area contributed by atoms with Gasteiger partial charge in [0.25, 0.3) is 0 Å². The lowest BCUT2D eigenvalue weighted by Gasteiger charge is -2.19. The summed E-state index contributed by atoms with van der Waals surface area (Å²) >= 11 is 0. The molecule has 0 spiro atoms. The topological polar surface area (TPSA) is 66.4 Å². The fourth-order valence-electron chi connectivity index (χ4n) is 2.77. The number of carbonyl (C=O) groups excluding carboxylic acids is 1. The van der Waals surface area contributed by atoms with E-state index in [0.29, 0.717) is 6.42 Å². The molecular weight excluding hydrogens is 302 g/mol. The van der Waals surface area contributed by atoms with Crippen molar-refractivity contribution in [1.29, 1.82) is 0 Å². The Balaban J connectivity index is 2.18. The van der Waals surface area contributed by atoms with Crippen molar-refractivity contribution in [2.75, 3.05) is 6.54 Å². The minimum atomic E-state index is -0.867. The lowest BCUT2D eigenvalue weighted by atomic mass is 9.90. The van der Waals surface area contributed by atoms with E-state index >= 15 is 0 Å². The average Bonchev–Trinajstić information content (AvgIpc) is 2.60. The van der Waals surface area contributed by atoms with Crippen molar-refractivity contribution in [3.8, 4) is 0 Å². The Kier molecular flexibility index (Phi) is 6.55. The fourth-order valence-corrected chi connectivity index (χ4v) is 2.77. The van der Waals surface area contributed by atoms with Crippen molar-refractivity contribution in [2.45, 2.75) is 25.7 Å². The quantitative estimate of drug-likeness (QED) is 0.781. The maximum Gasteiger partial charge on any atom is 0.308 e. The number of hydrogen-bond acceptors (Lipinski definition) is 2. The Morgan fingerprint density at radius 3 is 1.88 bits per heavy atom. The molecule has 2 aromatic carbocycles. The zero-order chi connectivity index (χ0) is 17.4. The lowest BCUT2D eigenvalue weighted by molar-refractivity contribution is -0.141. The van der Waals surface area contributed by atoms with Gasteiger partial charge >= 0.3 is 5.97 Å². The van der Waals surface area contributed by atoms with Crippen molar-refractivity contribution >= 4 is 11.9 Å². The van der Waals surface area contributed by atoms with Crippen molar-refractivity contribution in [3.63, 3.8) is 0 Å². The molecule has 0 aromatic heterocycles. The Labute approximate surface area is 142 Å². The van der Waals surface area contributed by atoms with Gasteiger partial charge < -0.3 is 10.4 Å². The summed E-state index contributed by atoms with van der Waals surface area (Å²) in [4.78, 5) is 24.0. The number of hydrogen-bond donors (Lipinski definition) is 2. The first-order valence-corrected chi connectivity index (χ1v) is 8.24. The van der Waals surface area contributed by atoms with Crippen LogP contribution < -0.4 is 5.32 Å². The first kappa shape index (κ1) is 17.7. The summed E-state index contributed by atoms with van der Waals surface area (Å²) in [5.74, 6) is -2.03. The second-order valence-corrected chi connectivity index (χ2v) is 5.82. The molecule has 4 nitrogen and oxygen atoms in total. The molecule has 0 aliphatic carbocycles. The maximum atomic E-state index is 12.8. The van der Waals surface area contributed by atoms with Gasteiger partial charge in [-0.05, 0) is 17.5 Å². The Bertz CT molecular complexity index is 616. The van der Waals surface area contributed by atoms with Crippen LogP contribution in [0.2, 0.25) is 0 Å². The van der Waals surface area contributed by atoms with Gasteiger partial charge in [0.05, 0.1) is 11.8 Å². The third kappa shape index (κ3) is 4.69. The molecule has 0 heterocycles. The third-order valence-electron chi connectivity index (χ3n) is 4.04. The number of benzene rings is 2. The van der Waals surface area contributed by atoms with Gasteiger partial charge in [0.2, 0.25) is 5.91 Å². The standard InChI is InChI=1S/C20H23NO3/c1-2-9-17(20(23)24)14-21-19(22)18(15-10-5-3-6-11-15)16-12-7-4-8-13-16/h3-8,10-13,17-18H,2,9,14H2,1H3,(H,21,22)(H,23,24). The molecule has 0 bridgehead atoms. The normalized spacial score (nSPS) is 11.9. The summed E-state index contributed by atoms with van der Waals surface area (Å²) < 4.78 is 0. The van der Waals surface area contributed by atoms with Gasteiger partial charge in [-0.3, -0.25) is 9.59 Å². The van der Waals surface area contributed by atoms with Gasteiger partial charge in [-0.2, -0.15) is 0 Å². The van der Waals surface area contributed by atoms with Gasteiger partial charge in [0.1, 0.15) is 0 Å². The van der Waals surface area contributed by atoms with E-state index in [9.17, 15) is 14.7 Å². The molecule has 0 aliphatic heterocycles. The van der Waals surface area contributed by atoms with Crippen LogP contribution >= 0.6 is 0 Å². The number of nitrogens with one attached hydrogen (secondary N) is 1. The first-order valence-electron chi connectivity index (χ1n) is 8.24. The molecule has 2 rings (SSSR count). The van der Waals surface area contributed by atoms with E-state index in [1.54, 1.807) is 0 Å². The van der Waals surface area contributed by atoms with Gasteiger partial charge in [-0.15, -0.1) is 0 Å². The van der Waals surface area contributed by atoms with E-state index in [1.165, 1.54) is 0 Å². The van der Waals surface area contributed by atoms with Crippen LogP contribution in [0.1, 0.15) is 36.8 Å². The highest BCUT2D eigenvalue weighted by Crippen LogP contribution is 2.24. The molecule has 0 saturated heterocycles. The van der Waals surface area contributed by atoms with Crippen LogP contribution in [-0.2, 0) is 9.59 Å². The highest BCUT2D eigenvalue weighted by molar-refractivity contribution is 5.87. The Hall–Kier alpha value is -2.62. The second kappa shape index (κ2) is 8.87. The molecule has 1 atom stereocenters. The van der Waals surface area contributed by atoms with Crippen LogP contribution in [0.5, 0.6) is 0 Å². The predicted octanol–water partition coefficient (Wildman–Crippen LogP) is 3.44. The van der Waals surface area contributed by atoms with Crippen LogP contribution in [0.15, 0.2) is 60.7 Å². The van der Waals surface area contributed by atoms with Crippen molar-refractivity contribution in [1.82, 2.24) is 5.32 Å². The summed E-state index contributed by atoms with van der Waals surface area (Å²) in [5.41, 5.74) is 1.78. The highest BCUT2D eigenvalue weighted by atomic mass is 16.4. The number of amides is 1. The van der Waals surface area contributed by atoms with Crippen LogP contribution in [-0.4, -0.2) is 23.5 Å². The van der Waals surface area contributed by atoms with E-state index in [0.717, 1.165) is 17.5 Å². The van der Waals surface area contributed by atoms with Crippen LogP contribution in [0.25, 0.3) is 0 Å². The average molecular weight is 325 g/mol. The second-order valence-electron chi connectivity index (χ2n) is 5.82. The molecule has 24 heavy (non-hydrogen) atoms. The molecule has 1 amide bonds. The smallest absolute Gasteiger partial charge is 0.308 e. The van der Waals surface area contributed by atoms with Crippen LogP contribution in [0.4, 0.5) is 0 Å². The largest absolute Gasteiger partial charge is 0.481 e. The molecule has 0 fully saturated rings. The summed E-state index contributed by atoms with van der Waals surface area (Å²) in [5, 5.41) is 12.1. The van der Waals surface area contributed by atoms with Gasteiger partial charge in [-0.25, -0.2) is 0 Å². The van der Waals surface area contributed by atoms with E-state index in [-0.39, 0.29) is 12.5 Å². The maximum absolute atomic E-state index is 12.8. The number of carbonyl (C=O) groups is 2. The van der Waals surface area contributed by atoms with E-state index in [4.69, 9.17) is 0 Å². The van der Waals surface area contributed by atoms with E-state index in [2.05, 4.69) is 5.32 Å². The summed E-state index contributed by atoms with van der Waals surface area (Å²) in [6.07, 6.45) is 1.32. The van der Waals surface area contributed by atoms with Crippen molar-refractivity contribution in [3.05, 3.63) is 71.8 Å². The summed E-state index contributed by atoms with van der Waals surface area (Å²) in [7, 11) is 0. The molecule has 126 valence electrons. The number of carboxylic acids is 1.